The SMILES string of the molecule is COC[C@H](C)NC(=O)COc1ccc(OC)cc1. The van der Waals surface area contributed by atoms with Crippen LogP contribution in [0.1, 0.15) is 6.92 Å². The summed E-state index contributed by atoms with van der Waals surface area (Å²) in [6, 6.07) is 7.04. The summed E-state index contributed by atoms with van der Waals surface area (Å²) in [6.07, 6.45) is 0. The van der Waals surface area contributed by atoms with Gasteiger partial charge in [-0.1, -0.05) is 0 Å². The van der Waals surface area contributed by atoms with Gasteiger partial charge in [-0.2, -0.15) is 0 Å². The molecular weight excluding hydrogens is 234 g/mol. The summed E-state index contributed by atoms with van der Waals surface area (Å²) in [5, 5.41) is 2.76. The molecule has 1 atom stereocenters. The number of hydrogen-bond acceptors (Lipinski definition) is 4. The van der Waals surface area contributed by atoms with Gasteiger partial charge in [0.05, 0.1) is 13.7 Å². The summed E-state index contributed by atoms with van der Waals surface area (Å²) in [5.74, 6) is 1.21. The zero-order valence-electron chi connectivity index (χ0n) is 10.9. The molecule has 0 heterocycles. The Morgan fingerprint density at radius 1 is 1.22 bits per heavy atom. The van der Waals surface area contributed by atoms with E-state index >= 15 is 0 Å². The first-order valence-corrected chi connectivity index (χ1v) is 5.71. The second kappa shape index (κ2) is 7.55. The second-order valence-electron chi connectivity index (χ2n) is 3.89. The number of amides is 1. The van der Waals surface area contributed by atoms with Gasteiger partial charge in [-0.3, -0.25) is 4.79 Å². The van der Waals surface area contributed by atoms with E-state index in [4.69, 9.17) is 14.2 Å². The maximum atomic E-state index is 11.5. The minimum Gasteiger partial charge on any atom is -0.497 e. The first-order valence-electron chi connectivity index (χ1n) is 5.71. The fourth-order valence-electron chi connectivity index (χ4n) is 1.43. The fourth-order valence-corrected chi connectivity index (χ4v) is 1.43. The monoisotopic (exact) mass is 253 g/mol. The van der Waals surface area contributed by atoms with Gasteiger partial charge >= 0.3 is 0 Å². The van der Waals surface area contributed by atoms with Crippen LogP contribution in [0.2, 0.25) is 0 Å². The topological polar surface area (TPSA) is 56.8 Å². The van der Waals surface area contributed by atoms with Crippen LogP contribution in [0.5, 0.6) is 11.5 Å². The van der Waals surface area contributed by atoms with Crippen molar-refractivity contribution in [1.29, 1.82) is 0 Å². The number of hydrogen-bond donors (Lipinski definition) is 1. The maximum Gasteiger partial charge on any atom is 0.258 e. The third-order valence-corrected chi connectivity index (χ3v) is 2.25. The van der Waals surface area contributed by atoms with E-state index in [1.807, 2.05) is 6.92 Å². The molecule has 0 fully saturated rings. The van der Waals surface area contributed by atoms with Crippen LogP contribution in [0.15, 0.2) is 24.3 Å². The third-order valence-electron chi connectivity index (χ3n) is 2.25. The lowest BCUT2D eigenvalue weighted by Gasteiger charge is -2.13. The second-order valence-corrected chi connectivity index (χ2v) is 3.89. The van der Waals surface area contributed by atoms with Crippen LogP contribution in [0, 0.1) is 0 Å². The summed E-state index contributed by atoms with van der Waals surface area (Å²) < 4.78 is 15.3. The molecule has 1 rings (SSSR count). The number of benzene rings is 1. The minimum atomic E-state index is -0.171. The zero-order valence-corrected chi connectivity index (χ0v) is 10.9. The van der Waals surface area contributed by atoms with E-state index in [1.165, 1.54) is 0 Å². The molecule has 0 unspecified atom stereocenters. The molecule has 0 spiro atoms. The highest BCUT2D eigenvalue weighted by molar-refractivity contribution is 5.77. The van der Waals surface area contributed by atoms with Crippen molar-refractivity contribution in [3.8, 4) is 11.5 Å². The Kier molecular flexibility index (Phi) is 6.00. The molecule has 0 bridgehead atoms. The molecule has 0 aromatic heterocycles. The van der Waals surface area contributed by atoms with Gasteiger partial charge in [0.1, 0.15) is 11.5 Å². The van der Waals surface area contributed by atoms with Gasteiger partial charge in [-0.25, -0.2) is 0 Å². The normalized spacial score (nSPS) is 11.7. The molecule has 1 amide bonds. The lowest BCUT2D eigenvalue weighted by atomic mass is 10.3. The molecule has 1 N–H and O–H groups in total. The Morgan fingerprint density at radius 2 is 1.83 bits per heavy atom. The van der Waals surface area contributed by atoms with Crippen LogP contribution in [0.4, 0.5) is 0 Å². The van der Waals surface area contributed by atoms with E-state index in [0.29, 0.717) is 12.4 Å². The van der Waals surface area contributed by atoms with Crippen LogP contribution in [0.25, 0.3) is 0 Å². The first kappa shape index (κ1) is 14.3. The van der Waals surface area contributed by atoms with Crippen molar-refractivity contribution in [1.82, 2.24) is 5.32 Å². The third kappa shape index (κ3) is 5.05. The lowest BCUT2D eigenvalue weighted by molar-refractivity contribution is -0.124. The molecule has 0 saturated carbocycles. The van der Waals surface area contributed by atoms with Gasteiger partial charge in [-0.05, 0) is 31.2 Å². The highest BCUT2D eigenvalue weighted by Crippen LogP contribution is 2.16. The average Bonchev–Trinajstić information content (AvgIpc) is 2.37. The highest BCUT2D eigenvalue weighted by atomic mass is 16.5. The Morgan fingerprint density at radius 3 is 2.39 bits per heavy atom. The summed E-state index contributed by atoms with van der Waals surface area (Å²) in [4.78, 5) is 11.5. The Balaban J connectivity index is 2.33. The summed E-state index contributed by atoms with van der Waals surface area (Å²) in [7, 11) is 3.19. The minimum absolute atomic E-state index is 0.0135. The molecule has 0 radical (unpaired) electrons. The Labute approximate surface area is 107 Å². The van der Waals surface area contributed by atoms with Crippen LogP contribution < -0.4 is 14.8 Å². The number of rotatable bonds is 7. The predicted octanol–water partition coefficient (Wildman–Crippen LogP) is 1.23. The molecule has 0 aliphatic rings. The van der Waals surface area contributed by atoms with Crippen molar-refractivity contribution in [2.24, 2.45) is 0 Å². The first-order chi connectivity index (χ1) is 8.65. The van der Waals surface area contributed by atoms with Crippen molar-refractivity contribution in [2.75, 3.05) is 27.4 Å². The maximum absolute atomic E-state index is 11.5. The average molecular weight is 253 g/mol. The van der Waals surface area contributed by atoms with Gasteiger partial charge in [0, 0.05) is 13.2 Å². The van der Waals surface area contributed by atoms with Gasteiger partial charge < -0.3 is 19.5 Å². The molecule has 0 aliphatic heterocycles. The lowest BCUT2D eigenvalue weighted by Crippen LogP contribution is -2.38. The Hall–Kier alpha value is -1.75. The van der Waals surface area contributed by atoms with E-state index in [9.17, 15) is 4.79 Å². The molecule has 100 valence electrons. The van der Waals surface area contributed by atoms with E-state index in [0.717, 1.165) is 5.75 Å². The fraction of sp³-hybridized carbons (Fsp3) is 0.462. The van der Waals surface area contributed by atoms with Crippen molar-refractivity contribution in [2.45, 2.75) is 13.0 Å². The van der Waals surface area contributed by atoms with Crippen molar-refractivity contribution >= 4 is 5.91 Å². The predicted molar refractivity (Wildman–Crippen MR) is 68.0 cm³/mol. The zero-order chi connectivity index (χ0) is 13.4. The summed E-state index contributed by atoms with van der Waals surface area (Å²) in [6.45, 7) is 2.34. The standard InChI is InChI=1S/C13H19NO4/c1-10(8-16-2)14-13(15)9-18-12-6-4-11(17-3)5-7-12/h4-7,10H,8-9H2,1-3H3,(H,14,15)/t10-/m0/s1. The van der Waals surface area contributed by atoms with Crippen molar-refractivity contribution in [3.63, 3.8) is 0 Å². The molecule has 1 aromatic carbocycles. The molecule has 0 aliphatic carbocycles. The van der Waals surface area contributed by atoms with E-state index < -0.39 is 0 Å². The highest BCUT2D eigenvalue weighted by Gasteiger charge is 2.07. The number of carbonyl (C=O) groups is 1. The molecule has 5 heteroatoms. The van der Waals surface area contributed by atoms with E-state index in [2.05, 4.69) is 5.32 Å². The molecule has 18 heavy (non-hydrogen) atoms. The Bertz CT molecular complexity index is 364. The molecule has 0 saturated heterocycles. The van der Waals surface area contributed by atoms with Gasteiger partial charge in [0.2, 0.25) is 0 Å². The van der Waals surface area contributed by atoms with Gasteiger partial charge in [0.25, 0.3) is 5.91 Å². The van der Waals surface area contributed by atoms with Crippen LogP contribution in [0.3, 0.4) is 0 Å². The molecule has 1 aromatic rings. The van der Waals surface area contributed by atoms with Crippen molar-refractivity contribution < 1.29 is 19.0 Å². The summed E-state index contributed by atoms with van der Waals surface area (Å²) in [5.41, 5.74) is 0. The quantitative estimate of drug-likeness (QED) is 0.794. The largest absolute Gasteiger partial charge is 0.497 e. The molecule has 5 nitrogen and oxygen atoms in total. The van der Waals surface area contributed by atoms with Crippen molar-refractivity contribution in [3.05, 3.63) is 24.3 Å². The van der Waals surface area contributed by atoms with E-state index in [1.54, 1.807) is 38.5 Å². The summed E-state index contributed by atoms with van der Waals surface area (Å²) >= 11 is 0. The number of nitrogens with one attached hydrogen (secondary N) is 1. The number of methoxy groups -OCH3 is 2. The van der Waals surface area contributed by atoms with E-state index in [-0.39, 0.29) is 18.6 Å². The van der Waals surface area contributed by atoms with Gasteiger partial charge in [-0.15, -0.1) is 0 Å². The number of carbonyl (C=O) groups excluding carboxylic acids is 1. The van der Waals surface area contributed by atoms with Crippen LogP contribution in [-0.2, 0) is 9.53 Å². The van der Waals surface area contributed by atoms with Gasteiger partial charge in [0.15, 0.2) is 6.61 Å². The molecular formula is C13H19NO4. The van der Waals surface area contributed by atoms with Crippen LogP contribution >= 0.6 is 0 Å². The number of ether oxygens (including phenoxy) is 3. The van der Waals surface area contributed by atoms with Crippen LogP contribution in [-0.4, -0.2) is 39.4 Å². The smallest absolute Gasteiger partial charge is 0.258 e.